The van der Waals surface area contributed by atoms with Gasteiger partial charge in [0, 0.05) is 15.1 Å². The Kier molecular flexibility index (Phi) is 4.00. The summed E-state index contributed by atoms with van der Waals surface area (Å²) >= 11 is 6.81. The molecule has 0 radical (unpaired) electrons. The molecule has 0 saturated carbocycles. The molecule has 5 heteroatoms. The molecule has 0 aliphatic rings. The molecule has 0 amide bonds. The number of hydrogen-bond donors (Lipinski definition) is 1. The van der Waals surface area contributed by atoms with Gasteiger partial charge in [0.25, 0.3) is 0 Å². The van der Waals surface area contributed by atoms with Gasteiger partial charge >= 0.3 is 0 Å². The van der Waals surface area contributed by atoms with Crippen LogP contribution in [-0.4, -0.2) is 4.98 Å². The Morgan fingerprint density at radius 2 is 2.06 bits per heavy atom. The van der Waals surface area contributed by atoms with Crippen LogP contribution < -0.4 is 5.32 Å². The molecule has 1 heterocycles. The van der Waals surface area contributed by atoms with Crippen LogP contribution >= 0.6 is 31.9 Å². The number of pyridine rings is 1. The molecule has 90 valence electrons. The lowest BCUT2D eigenvalue weighted by atomic mass is 10.2. The van der Waals surface area contributed by atoms with Gasteiger partial charge in [0.05, 0.1) is 17.3 Å². The average Bonchev–Trinajstić information content (AvgIpc) is 2.34. The second-order valence-corrected chi connectivity index (χ2v) is 5.52. The summed E-state index contributed by atoms with van der Waals surface area (Å²) in [4.78, 5) is 4.31. The number of hydrogen-bond acceptors (Lipinski definition) is 3. The highest BCUT2D eigenvalue weighted by molar-refractivity contribution is 9.10. The summed E-state index contributed by atoms with van der Waals surface area (Å²) in [5, 5.41) is 12.0. The number of rotatable bonds is 2. The molecule has 0 aliphatic heterocycles. The van der Waals surface area contributed by atoms with Gasteiger partial charge in [-0.05, 0) is 68.6 Å². The number of aromatic nitrogens is 1. The van der Waals surface area contributed by atoms with Crippen LogP contribution in [0.4, 0.5) is 11.5 Å². The average molecular weight is 367 g/mol. The van der Waals surface area contributed by atoms with Crippen LogP contribution in [0, 0.1) is 18.3 Å². The van der Waals surface area contributed by atoms with E-state index in [9.17, 15) is 0 Å². The van der Waals surface area contributed by atoms with E-state index in [1.807, 2.05) is 19.1 Å². The number of nitrogens with zero attached hydrogens (tertiary/aromatic N) is 2. The molecule has 0 fully saturated rings. The molecule has 18 heavy (non-hydrogen) atoms. The Balaban J connectivity index is 2.32. The molecule has 0 unspecified atom stereocenters. The zero-order valence-corrected chi connectivity index (χ0v) is 12.7. The largest absolute Gasteiger partial charge is 0.339 e. The minimum Gasteiger partial charge on any atom is -0.339 e. The highest BCUT2D eigenvalue weighted by Gasteiger charge is 2.05. The van der Waals surface area contributed by atoms with E-state index >= 15 is 0 Å². The predicted molar refractivity (Wildman–Crippen MR) is 78.8 cm³/mol. The van der Waals surface area contributed by atoms with Crippen molar-refractivity contribution in [3.8, 4) is 6.07 Å². The second-order valence-electron chi connectivity index (χ2n) is 3.75. The quantitative estimate of drug-likeness (QED) is 0.849. The summed E-state index contributed by atoms with van der Waals surface area (Å²) in [7, 11) is 0. The fraction of sp³-hybridized carbons (Fsp3) is 0.0769. The van der Waals surface area contributed by atoms with Gasteiger partial charge in [0.1, 0.15) is 5.82 Å². The van der Waals surface area contributed by atoms with Crippen molar-refractivity contribution >= 4 is 43.4 Å². The lowest BCUT2D eigenvalue weighted by Crippen LogP contribution is -1.97. The summed E-state index contributed by atoms with van der Waals surface area (Å²) in [6.07, 6.45) is 1.74. The SMILES string of the molecule is Cc1cc(Br)cnc1Nc1ccc(C#N)cc1Br. The minimum absolute atomic E-state index is 0.618. The van der Waals surface area contributed by atoms with E-state index in [-0.39, 0.29) is 0 Å². The Morgan fingerprint density at radius 3 is 2.67 bits per heavy atom. The number of benzene rings is 1. The predicted octanol–water partition coefficient (Wildman–Crippen LogP) is 4.53. The van der Waals surface area contributed by atoms with Gasteiger partial charge in [-0.1, -0.05) is 0 Å². The van der Waals surface area contributed by atoms with Gasteiger partial charge < -0.3 is 5.32 Å². The smallest absolute Gasteiger partial charge is 0.133 e. The molecular formula is C13H9Br2N3. The van der Waals surface area contributed by atoms with E-state index in [4.69, 9.17) is 5.26 Å². The zero-order valence-electron chi connectivity index (χ0n) is 9.54. The number of anilines is 2. The van der Waals surface area contributed by atoms with Crippen LogP contribution in [0.1, 0.15) is 11.1 Å². The van der Waals surface area contributed by atoms with Crippen molar-refractivity contribution in [3.05, 3.63) is 50.5 Å². The molecule has 3 nitrogen and oxygen atoms in total. The lowest BCUT2D eigenvalue weighted by Gasteiger charge is -2.10. The third-order valence-corrected chi connectivity index (χ3v) is 3.49. The maximum Gasteiger partial charge on any atom is 0.133 e. The molecule has 0 saturated heterocycles. The first-order valence-corrected chi connectivity index (χ1v) is 6.77. The standard InChI is InChI=1S/C13H9Br2N3/c1-8-4-10(14)7-17-13(8)18-12-3-2-9(6-16)5-11(12)15/h2-5,7H,1H3,(H,17,18). The van der Waals surface area contributed by atoms with Crippen molar-refractivity contribution < 1.29 is 0 Å². The summed E-state index contributed by atoms with van der Waals surface area (Å²) in [6.45, 7) is 1.98. The van der Waals surface area contributed by atoms with E-state index in [0.717, 1.165) is 26.0 Å². The first-order valence-electron chi connectivity index (χ1n) is 5.19. The Labute approximate surface area is 122 Å². The molecule has 0 bridgehead atoms. The third-order valence-electron chi connectivity index (χ3n) is 2.40. The number of halogens is 2. The van der Waals surface area contributed by atoms with E-state index < -0.39 is 0 Å². The van der Waals surface area contributed by atoms with Crippen LogP contribution in [0.2, 0.25) is 0 Å². The maximum absolute atomic E-state index is 8.81. The number of nitrogens with one attached hydrogen (secondary N) is 1. The second kappa shape index (κ2) is 5.51. The van der Waals surface area contributed by atoms with Crippen molar-refractivity contribution in [2.24, 2.45) is 0 Å². The fourth-order valence-electron chi connectivity index (χ4n) is 1.48. The van der Waals surface area contributed by atoms with Gasteiger partial charge in [0.2, 0.25) is 0 Å². The van der Waals surface area contributed by atoms with Crippen molar-refractivity contribution in [1.29, 1.82) is 5.26 Å². The van der Waals surface area contributed by atoms with Crippen molar-refractivity contribution in [2.45, 2.75) is 6.92 Å². The molecule has 0 spiro atoms. The molecule has 1 aromatic carbocycles. The van der Waals surface area contributed by atoms with E-state index in [1.165, 1.54) is 0 Å². The van der Waals surface area contributed by atoms with Gasteiger partial charge in [-0.3, -0.25) is 0 Å². The summed E-state index contributed by atoms with van der Waals surface area (Å²) < 4.78 is 1.79. The Morgan fingerprint density at radius 1 is 1.28 bits per heavy atom. The summed E-state index contributed by atoms with van der Waals surface area (Å²) in [6, 6.07) is 9.48. The number of nitriles is 1. The van der Waals surface area contributed by atoms with Crippen LogP contribution in [0.3, 0.4) is 0 Å². The molecular weight excluding hydrogens is 358 g/mol. The first-order chi connectivity index (χ1) is 8.60. The van der Waals surface area contributed by atoms with Gasteiger partial charge in [0.15, 0.2) is 0 Å². The molecule has 2 rings (SSSR count). The van der Waals surface area contributed by atoms with Gasteiger partial charge in [-0.25, -0.2) is 4.98 Å². The molecule has 0 aliphatic carbocycles. The normalized spacial score (nSPS) is 9.89. The van der Waals surface area contributed by atoms with Gasteiger partial charge in [-0.15, -0.1) is 0 Å². The zero-order chi connectivity index (χ0) is 13.1. The summed E-state index contributed by atoms with van der Waals surface area (Å²) in [5.41, 5.74) is 2.54. The summed E-state index contributed by atoms with van der Waals surface area (Å²) in [5.74, 6) is 0.795. The molecule has 2 aromatic rings. The fourth-order valence-corrected chi connectivity index (χ4v) is 2.41. The molecule has 1 N–H and O–H groups in total. The van der Waals surface area contributed by atoms with E-state index in [1.54, 1.807) is 18.3 Å². The van der Waals surface area contributed by atoms with Crippen LogP contribution in [0.15, 0.2) is 39.4 Å². The van der Waals surface area contributed by atoms with E-state index in [2.05, 4.69) is 48.2 Å². The van der Waals surface area contributed by atoms with E-state index in [0.29, 0.717) is 5.56 Å². The number of aryl methyl sites for hydroxylation is 1. The maximum atomic E-state index is 8.81. The van der Waals surface area contributed by atoms with Crippen LogP contribution in [-0.2, 0) is 0 Å². The lowest BCUT2D eigenvalue weighted by molar-refractivity contribution is 1.24. The van der Waals surface area contributed by atoms with Gasteiger partial charge in [-0.2, -0.15) is 5.26 Å². The van der Waals surface area contributed by atoms with Crippen LogP contribution in [0.5, 0.6) is 0 Å². The Bertz CT molecular complexity index is 633. The Hall–Kier alpha value is -1.38. The molecule has 1 aromatic heterocycles. The third kappa shape index (κ3) is 2.89. The topological polar surface area (TPSA) is 48.7 Å². The monoisotopic (exact) mass is 365 g/mol. The molecule has 0 atom stereocenters. The van der Waals surface area contributed by atoms with Crippen LogP contribution in [0.25, 0.3) is 0 Å². The highest BCUT2D eigenvalue weighted by Crippen LogP contribution is 2.28. The van der Waals surface area contributed by atoms with Crippen molar-refractivity contribution in [1.82, 2.24) is 4.98 Å². The highest BCUT2D eigenvalue weighted by atomic mass is 79.9. The first kappa shape index (κ1) is 13.1. The van der Waals surface area contributed by atoms with Crippen molar-refractivity contribution in [3.63, 3.8) is 0 Å². The van der Waals surface area contributed by atoms with Crippen molar-refractivity contribution in [2.75, 3.05) is 5.32 Å². The minimum atomic E-state index is 0.618.